The molecular formula is C25H17BrClFN2O4. The summed E-state index contributed by atoms with van der Waals surface area (Å²) in [5, 5.41) is 2.45. The Bertz CT molecular complexity index is 1340. The first-order chi connectivity index (χ1) is 16.3. The van der Waals surface area contributed by atoms with Crippen molar-refractivity contribution in [3.05, 3.63) is 98.2 Å². The van der Waals surface area contributed by atoms with Crippen LogP contribution >= 0.6 is 27.5 Å². The Morgan fingerprint density at radius 2 is 1.79 bits per heavy atom. The Labute approximate surface area is 208 Å². The van der Waals surface area contributed by atoms with E-state index in [1.807, 2.05) is 0 Å². The second-order valence-electron chi connectivity index (χ2n) is 7.39. The van der Waals surface area contributed by atoms with Crippen molar-refractivity contribution in [3.8, 4) is 5.75 Å². The predicted octanol–water partition coefficient (Wildman–Crippen LogP) is 5.51. The minimum atomic E-state index is -0.842. The largest absolute Gasteiger partial charge is 0.496 e. The molecule has 0 saturated carbocycles. The minimum absolute atomic E-state index is 0.191. The number of carbonyl (C=O) groups excluding carboxylic acids is 3. The van der Waals surface area contributed by atoms with Crippen LogP contribution < -0.4 is 15.0 Å². The lowest BCUT2D eigenvalue weighted by Crippen LogP contribution is -2.54. The van der Waals surface area contributed by atoms with Crippen LogP contribution in [-0.2, 0) is 16.0 Å². The van der Waals surface area contributed by atoms with E-state index >= 15 is 0 Å². The van der Waals surface area contributed by atoms with Crippen LogP contribution in [0, 0.1) is 5.82 Å². The van der Waals surface area contributed by atoms with E-state index in [1.165, 1.54) is 19.3 Å². The van der Waals surface area contributed by atoms with Gasteiger partial charge in [-0.1, -0.05) is 45.7 Å². The number of barbiturate groups is 1. The third kappa shape index (κ3) is 4.73. The summed E-state index contributed by atoms with van der Waals surface area (Å²) in [5.41, 5.74) is 1.46. The van der Waals surface area contributed by atoms with Crippen LogP contribution in [-0.4, -0.2) is 25.0 Å². The maximum absolute atomic E-state index is 14.1. The van der Waals surface area contributed by atoms with Gasteiger partial charge in [-0.05, 0) is 59.7 Å². The summed E-state index contributed by atoms with van der Waals surface area (Å²) in [7, 11) is 1.44. The van der Waals surface area contributed by atoms with E-state index in [2.05, 4.69) is 21.2 Å². The fourth-order valence-corrected chi connectivity index (χ4v) is 4.10. The van der Waals surface area contributed by atoms with E-state index in [4.69, 9.17) is 16.3 Å². The molecule has 6 nitrogen and oxygen atoms in total. The smallest absolute Gasteiger partial charge is 0.335 e. The van der Waals surface area contributed by atoms with E-state index in [-0.39, 0.29) is 22.8 Å². The minimum Gasteiger partial charge on any atom is -0.496 e. The maximum atomic E-state index is 14.1. The molecule has 1 N–H and O–H groups in total. The number of imide groups is 2. The molecule has 172 valence electrons. The molecule has 0 aromatic heterocycles. The van der Waals surface area contributed by atoms with Crippen molar-refractivity contribution in [2.75, 3.05) is 12.0 Å². The number of hydrogen-bond donors (Lipinski definition) is 1. The van der Waals surface area contributed by atoms with Gasteiger partial charge < -0.3 is 4.74 Å². The van der Waals surface area contributed by atoms with Crippen LogP contribution in [0.25, 0.3) is 6.08 Å². The number of ether oxygens (including phenoxy) is 1. The molecule has 1 fully saturated rings. The summed E-state index contributed by atoms with van der Waals surface area (Å²) >= 11 is 9.78. The van der Waals surface area contributed by atoms with Crippen LogP contribution in [0.5, 0.6) is 5.75 Å². The number of halogens is 3. The zero-order valence-corrected chi connectivity index (χ0v) is 20.1. The molecule has 0 radical (unpaired) electrons. The maximum Gasteiger partial charge on any atom is 0.335 e. The number of carbonyl (C=O) groups is 3. The van der Waals surface area contributed by atoms with Gasteiger partial charge in [0.15, 0.2) is 0 Å². The van der Waals surface area contributed by atoms with Gasteiger partial charge in [-0.2, -0.15) is 0 Å². The van der Waals surface area contributed by atoms with Crippen molar-refractivity contribution >= 4 is 57.1 Å². The molecule has 9 heteroatoms. The van der Waals surface area contributed by atoms with Crippen molar-refractivity contribution in [3.63, 3.8) is 0 Å². The monoisotopic (exact) mass is 542 g/mol. The first-order valence-corrected chi connectivity index (χ1v) is 11.2. The third-order valence-corrected chi connectivity index (χ3v) is 6.09. The molecule has 0 spiro atoms. The summed E-state index contributed by atoms with van der Waals surface area (Å²) < 4.78 is 20.4. The molecule has 4 amide bonds. The molecule has 1 aliphatic heterocycles. The summed E-state index contributed by atoms with van der Waals surface area (Å²) in [6.07, 6.45) is 1.52. The van der Waals surface area contributed by atoms with Crippen LogP contribution in [0.4, 0.5) is 14.9 Å². The Morgan fingerprint density at radius 3 is 2.47 bits per heavy atom. The van der Waals surface area contributed by atoms with Crippen molar-refractivity contribution in [2.45, 2.75) is 6.42 Å². The fraction of sp³-hybridized carbons (Fsp3) is 0.0800. The number of nitrogens with zero attached hydrogens (tertiary/aromatic N) is 1. The summed E-state index contributed by atoms with van der Waals surface area (Å²) in [6, 6.07) is 15.1. The number of benzene rings is 3. The molecule has 0 bridgehead atoms. The zero-order valence-electron chi connectivity index (χ0n) is 17.8. The summed E-state index contributed by atoms with van der Waals surface area (Å²) in [6.45, 7) is 0. The highest BCUT2D eigenvalue weighted by atomic mass is 79.9. The first-order valence-electron chi connectivity index (χ1n) is 10.1. The molecule has 4 rings (SSSR count). The lowest BCUT2D eigenvalue weighted by molar-refractivity contribution is -0.122. The predicted molar refractivity (Wildman–Crippen MR) is 130 cm³/mol. The van der Waals surface area contributed by atoms with Crippen LogP contribution in [0.1, 0.15) is 16.7 Å². The lowest BCUT2D eigenvalue weighted by Gasteiger charge is -2.26. The fourth-order valence-electron chi connectivity index (χ4n) is 3.55. The van der Waals surface area contributed by atoms with Crippen molar-refractivity contribution in [1.82, 2.24) is 5.32 Å². The van der Waals surface area contributed by atoms with Gasteiger partial charge in [-0.3, -0.25) is 14.9 Å². The Morgan fingerprint density at radius 1 is 1.09 bits per heavy atom. The average Bonchev–Trinajstić information content (AvgIpc) is 2.80. The molecule has 0 unspecified atom stereocenters. The second-order valence-corrected chi connectivity index (χ2v) is 8.71. The number of methoxy groups -OCH3 is 1. The number of hydrogen-bond acceptors (Lipinski definition) is 4. The van der Waals surface area contributed by atoms with Gasteiger partial charge in [0.05, 0.1) is 12.8 Å². The Kier molecular flexibility index (Phi) is 6.81. The van der Waals surface area contributed by atoms with Crippen molar-refractivity contribution < 1.29 is 23.5 Å². The third-order valence-electron chi connectivity index (χ3n) is 5.22. The SMILES string of the molecule is COc1cc(/C=C2\C(=O)NC(=O)N(c3ccc(Br)cc3)C2=O)cc(Cl)c1Cc1ccccc1F. The normalized spacial score (nSPS) is 15.0. The first kappa shape index (κ1) is 23.7. The standard InChI is InChI=1S/C25H17BrClFN2O4/c1-34-22-12-14(11-20(27)18(22)13-15-4-2-3-5-21(15)28)10-19-23(31)29-25(33)30(24(19)32)17-8-6-16(26)7-9-17/h2-12H,13H2,1H3,(H,29,31,33)/b19-10+. The molecule has 0 atom stereocenters. The van der Waals surface area contributed by atoms with Gasteiger partial charge in [0, 0.05) is 21.5 Å². The van der Waals surface area contributed by atoms with Gasteiger partial charge >= 0.3 is 6.03 Å². The topological polar surface area (TPSA) is 75.7 Å². The van der Waals surface area contributed by atoms with Crippen LogP contribution in [0.15, 0.2) is 70.7 Å². The van der Waals surface area contributed by atoms with Gasteiger partial charge in [0.25, 0.3) is 11.8 Å². The average molecular weight is 544 g/mol. The Balaban J connectivity index is 1.71. The molecule has 1 heterocycles. The van der Waals surface area contributed by atoms with Crippen LogP contribution in [0.2, 0.25) is 5.02 Å². The summed E-state index contributed by atoms with van der Waals surface area (Å²) in [5.74, 6) is -1.60. The molecule has 3 aromatic carbocycles. The molecule has 0 aliphatic carbocycles. The quantitative estimate of drug-likeness (QED) is 0.340. The van der Waals surface area contributed by atoms with E-state index in [9.17, 15) is 18.8 Å². The van der Waals surface area contributed by atoms with Gasteiger partial charge in [0.1, 0.15) is 17.1 Å². The van der Waals surface area contributed by atoms with E-state index < -0.39 is 17.8 Å². The number of rotatable bonds is 5. The highest BCUT2D eigenvalue weighted by Gasteiger charge is 2.36. The van der Waals surface area contributed by atoms with Crippen molar-refractivity contribution in [1.29, 1.82) is 0 Å². The molecule has 34 heavy (non-hydrogen) atoms. The van der Waals surface area contributed by atoms with E-state index in [0.29, 0.717) is 28.1 Å². The van der Waals surface area contributed by atoms with Gasteiger partial charge in [0.2, 0.25) is 0 Å². The second kappa shape index (κ2) is 9.79. The lowest BCUT2D eigenvalue weighted by atomic mass is 10.00. The number of urea groups is 1. The Hall–Kier alpha value is -3.49. The molecular weight excluding hydrogens is 527 g/mol. The highest BCUT2D eigenvalue weighted by molar-refractivity contribution is 9.10. The molecule has 3 aromatic rings. The highest BCUT2D eigenvalue weighted by Crippen LogP contribution is 2.33. The van der Waals surface area contributed by atoms with E-state index in [1.54, 1.807) is 54.6 Å². The molecule has 1 aliphatic rings. The van der Waals surface area contributed by atoms with Gasteiger partial charge in [-0.25, -0.2) is 14.1 Å². The van der Waals surface area contributed by atoms with Gasteiger partial charge in [-0.15, -0.1) is 0 Å². The molecule has 1 saturated heterocycles. The number of nitrogens with one attached hydrogen (secondary N) is 1. The van der Waals surface area contributed by atoms with Crippen molar-refractivity contribution in [2.24, 2.45) is 0 Å². The van der Waals surface area contributed by atoms with Crippen LogP contribution in [0.3, 0.4) is 0 Å². The number of amides is 4. The summed E-state index contributed by atoms with van der Waals surface area (Å²) in [4.78, 5) is 38.8. The van der Waals surface area contributed by atoms with E-state index in [0.717, 1.165) is 9.37 Å². The zero-order chi connectivity index (χ0) is 24.4. The number of anilines is 1.